The van der Waals surface area contributed by atoms with Gasteiger partial charge in [0.25, 0.3) is 0 Å². The standard InChI is InChI=1S/C13H12ClN3O3/c1-8(15)9-2-5-13(16-7-9)20-12-6-10(14)3-4-11(12)17(18)19/h2-8H,15H2,1H3/t8-/m1/s1. The topological polar surface area (TPSA) is 91.3 Å². The Morgan fingerprint density at radius 3 is 2.70 bits per heavy atom. The number of benzene rings is 1. The van der Waals surface area contributed by atoms with Gasteiger partial charge in [0.05, 0.1) is 4.92 Å². The Kier molecular flexibility index (Phi) is 4.16. The zero-order valence-electron chi connectivity index (χ0n) is 10.6. The predicted molar refractivity (Wildman–Crippen MR) is 75.0 cm³/mol. The van der Waals surface area contributed by atoms with Crippen molar-refractivity contribution in [2.24, 2.45) is 5.73 Å². The number of nitrogens with two attached hydrogens (primary N) is 1. The Labute approximate surface area is 120 Å². The highest BCUT2D eigenvalue weighted by molar-refractivity contribution is 6.30. The van der Waals surface area contributed by atoms with Gasteiger partial charge >= 0.3 is 5.69 Å². The van der Waals surface area contributed by atoms with Crippen LogP contribution in [-0.2, 0) is 0 Å². The molecule has 0 aliphatic rings. The summed E-state index contributed by atoms with van der Waals surface area (Å²) in [5.41, 5.74) is 6.38. The van der Waals surface area contributed by atoms with Gasteiger partial charge in [-0.05, 0) is 18.6 Å². The predicted octanol–water partition coefficient (Wildman–Crippen LogP) is 3.46. The summed E-state index contributed by atoms with van der Waals surface area (Å²) in [7, 11) is 0. The number of hydrogen-bond acceptors (Lipinski definition) is 5. The summed E-state index contributed by atoms with van der Waals surface area (Å²) in [4.78, 5) is 14.4. The highest BCUT2D eigenvalue weighted by atomic mass is 35.5. The van der Waals surface area contributed by atoms with Gasteiger partial charge in [-0.1, -0.05) is 17.7 Å². The molecule has 1 atom stereocenters. The summed E-state index contributed by atoms with van der Waals surface area (Å²) in [6.45, 7) is 1.83. The van der Waals surface area contributed by atoms with Crippen LogP contribution in [0, 0.1) is 10.1 Å². The van der Waals surface area contributed by atoms with Gasteiger partial charge in [0.15, 0.2) is 0 Å². The van der Waals surface area contributed by atoms with E-state index in [9.17, 15) is 10.1 Å². The first-order valence-corrected chi connectivity index (χ1v) is 6.18. The molecule has 2 N–H and O–H groups in total. The monoisotopic (exact) mass is 293 g/mol. The van der Waals surface area contributed by atoms with Crippen molar-refractivity contribution in [3.63, 3.8) is 0 Å². The van der Waals surface area contributed by atoms with Crippen molar-refractivity contribution >= 4 is 17.3 Å². The van der Waals surface area contributed by atoms with Gasteiger partial charge in [0.2, 0.25) is 11.6 Å². The number of rotatable bonds is 4. The minimum absolute atomic E-state index is 0.0450. The fourth-order valence-corrected chi connectivity index (χ4v) is 1.72. The molecule has 0 spiro atoms. The summed E-state index contributed by atoms with van der Waals surface area (Å²) in [5.74, 6) is 0.281. The average Bonchev–Trinajstić information content (AvgIpc) is 2.39. The molecule has 0 radical (unpaired) electrons. The number of halogens is 1. The fraction of sp³-hybridized carbons (Fsp3) is 0.154. The van der Waals surface area contributed by atoms with E-state index in [2.05, 4.69) is 4.98 Å². The van der Waals surface area contributed by atoms with Crippen LogP contribution in [0.1, 0.15) is 18.5 Å². The Morgan fingerprint density at radius 2 is 2.15 bits per heavy atom. The normalized spacial score (nSPS) is 11.9. The summed E-state index contributed by atoms with van der Waals surface area (Å²) in [6, 6.07) is 7.30. The van der Waals surface area contributed by atoms with E-state index in [1.807, 2.05) is 6.92 Å². The number of nitro benzene ring substituents is 1. The number of aromatic nitrogens is 1. The maximum atomic E-state index is 10.9. The third kappa shape index (κ3) is 3.23. The molecule has 1 aromatic carbocycles. The molecule has 0 bridgehead atoms. The van der Waals surface area contributed by atoms with Gasteiger partial charge in [-0.25, -0.2) is 4.98 Å². The van der Waals surface area contributed by atoms with Crippen molar-refractivity contribution in [3.05, 3.63) is 57.2 Å². The lowest BCUT2D eigenvalue weighted by Gasteiger charge is -2.08. The van der Waals surface area contributed by atoms with Crippen molar-refractivity contribution in [3.8, 4) is 11.6 Å². The second-order valence-electron chi connectivity index (χ2n) is 4.19. The van der Waals surface area contributed by atoms with Crippen LogP contribution >= 0.6 is 11.6 Å². The van der Waals surface area contributed by atoms with E-state index < -0.39 is 4.92 Å². The molecule has 0 amide bonds. The molecule has 1 heterocycles. The van der Waals surface area contributed by atoms with E-state index in [0.717, 1.165) is 5.56 Å². The molecule has 0 saturated heterocycles. The van der Waals surface area contributed by atoms with E-state index in [1.165, 1.54) is 18.2 Å². The maximum Gasteiger partial charge on any atom is 0.311 e. The lowest BCUT2D eigenvalue weighted by atomic mass is 10.2. The molecular formula is C13H12ClN3O3. The second-order valence-corrected chi connectivity index (χ2v) is 4.63. The fourth-order valence-electron chi connectivity index (χ4n) is 1.55. The van der Waals surface area contributed by atoms with Gasteiger partial charge in [0, 0.05) is 35.5 Å². The van der Waals surface area contributed by atoms with Crippen molar-refractivity contribution in [2.75, 3.05) is 0 Å². The lowest BCUT2D eigenvalue weighted by Crippen LogP contribution is -2.05. The van der Waals surface area contributed by atoms with Crippen molar-refractivity contribution in [1.82, 2.24) is 4.98 Å². The Morgan fingerprint density at radius 1 is 1.40 bits per heavy atom. The largest absolute Gasteiger partial charge is 0.432 e. The number of nitrogens with zero attached hydrogens (tertiary/aromatic N) is 2. The molecule has 1 aromatic heterocycles. The van der Waals surface area contributed by atoms with E-state index in [-0.39, 0.29) is 23.4 Å². The van der Waals surface area contributed by atoms with Crippen LogP contribution in [0.15, 0.2) is 36.5 Å². The molecule has 0 unspecified atom stereocenters. The molecule has 2 aromatic rings. The van der Waals surface area contributed by atoms with Crippen LogP contribution in [0.5, 0.6) is 11.6 Å². The van der Waals surface area contributed by atoms with Crippen LogP contribution in [0.4, 0.5) is 5.69 Å². The number of hydrogen-bond donors (Lipinski definition) is 1. The highest BCUT2D eigenvalue weighted by Gasteiger charge is 2.16. The molecule has 104 valence electrons. The van der Waals surface area contributed by atoms with Crippen LogP contribution in [0.2, 0.25) is 5.02 Å². The van der Waals surface area contributed by atoms with Crippen molar-refractivity contribution in [2.45, 2.75) is 13.0 Å². The smallest absolute Gasteiger partial charge is 0.311 e. The SMILES string of the molecule is C[C@@H](N)c1ccc(Oc2cc(Cl)ccc2[N+](=O)[O-])nc1. The maximum absolute atomic E-state index is 10.9. The van der Waals surface area contributed by atoms with Gasteiger partial charge in [-0.2, -0.15) is 0 Å². The second kappa shape index (κ2) is 5.85. The summed E-state index contributed by atoms with van der Waals surface area (Å²) in [5, 5.41) is 11.3. The van der Waals surface area contributed by atoms with Gasteiger partial charge < -0.3 is 10.5 Å². The molecule has 0 aliphatic carbocycles. The minimum Gasteiger partial charge on any atom is -0.432 e. The third-order valence-corrected chi connectivity index (χ3v) is 2.85. The zero-order valence-corrected chi connectivity index (χ0v) is 11.4. The molecule has 0 aliphatic heterocycles. The Hall–Kier alpha value is -2.18. The van der Waals surface area contributed by atoms with Crippen LogP contribution in [0.25, 0.3) is 0 Å². The van der Waals surface area contributed by atoms with Crippen molar-refractivity contribution < 1.29 is 9.66 Å². The Bertz CT molecular complexity index is 629. The summed E-state index contributed by atoms with van der Waals surface area (Å²) < 4.78 is 5.41. The van der Waals surface area contributed by atoms with Crippen LogP contribution in [-0.4, -0.2) is 9.91 Å². The molecule has 7 heteroatoms. The summed E-state index contributed by atoms with van der Waals surface area (Å²) >= 11 is 5.81. The average molecular weight is 294 g/mol. The molecule has 0 saturated carbocycles. The Balaban J connectivity index is 2.29. The van der Waals surface area contributed by atoms with Crippen LogP contribution < -0.4 is 10.5 Å². The first-order valence-electron chi connectivity index (χ1n) is 5.80. The number of ether oxygens (including phenoxy) is 1. The van der Waals surface area contributed by atoms with E-state index in [4.69, 9.17) is 22.1 Å². The van der Waals surface area contributed by atoms with E-state index in [0.29, 0.717) is 5.02 Å². The van der Waals surface area contributed by atoms with Crippen molar-refractivity contribution in [1.29, 1.82) is 0 Å². The zero-order chi connectivity index (χ0) is 14.7. The van der Waals surface area contributed by atoms with Crippen LogP contribution in [0.3, 0.4) is 0 Å². The molecule has 0 fully saturated rings. The number of pyridine rings is 1. The van der Waals surface area contributed by atoms with E-state index >= 15 is 0 Å². The lowest BCUT2D eigenvalue weighted by molar-refractivity contribution is -0.385. The van der Waals surface area contributed by atoms with Gasteiger partial charge in [0.1, 0.15) is 0 Å². The summed E-state index contributed by atoms with van der Waals surface area (Å²) in [6.07, 6.45) is 1.57. The first-order chi connectivity index (χ1) is 9.47. The highest BCUT2D eigenvalue weighted by Crippen LogP contribution is 2.33. The quantitative estimate of drug-likeness (QED) is 0.688. The minimum atomic E-state index is -0.540. The van der Waals surface area contributed by atoms with Gasteiger partial charge in [-0.15, -0.1) is 0 Å². The third-order valence-electron chi connectivity index (χ3n) is 2.62. The molecule has 2 rings (SSSR count). The molecular weight excluding hydrogens is 282 g/mol. The van der Waals surface area contributed by atoms with E-state index in [1.54, 1.807) is 18.3 Å². The van der Waals surface area contributed by atoms with Gasteiger partial charge in [-0.3, -0.25) is 10.1 Å². The molecule has 6 nitrogen and oxygen atoms in total. The first kappa shape index (κ1) is 14.2. The molecule has 20 heavy (non-hydrogen) atoms. The number of nitro groups is 1.